The van der Waals surface area contributed by atoms with Gasteiger partial charge in [-0.05, 0) is 6.08 Å². The molecule has 1 aromatic carbocycles. The summed E-state index contributed by atoms with van der Waals surface area (Å²) in [6.07, 6.45) is 10.9. The summed E-state index contributed by atoms with van der Waals surface area (Å²) in [5, 5.41) is 14.9. The zero-order chi connectivity index (χ0) is 20.4. The summed E-state index contributed by atoms with van der Waals surface area (Å²) in [7, 11) is 0. The van der Waals surface area contributed by atoms with Crippen molar-refractivity contribution in [1.82, 2.24) is 10.6 Å². The molecule has 0 atom stereocenters. The lowest BCUT2D eigenvalue weighted by molar-refractivity contribution is 0.433. The van der Waals surface area contributed by atoms with E-state index in [2.05, 4.69) is 70.4 Å². The number of anilines is 1. The van der Waals surface area contributed by atoms with E-state index in [0.717, 1.165) is 5.01 Å². The highest BCUT2D eigenvalue weighted by Crippen LogP contribution is 2.25. The van der Waals surface area contributed by atoms with Crippen molar-refractivity contribution in [1.29, 1.82) is 0 Å². The van der Waals surface area contributed by atoms with Gasteiger partial charge in [0.25, 0.3) is 0 Å². The molecule has 1 heterocycles. The number of hydrogen-bond acceptors (Lipinski definition) is 5. The average Bonchev–Trinajstić information content (AvgIpc) is 2.68. The molecule has 2 rings (SSSR count). The van der Waals surface area contributed by atoms with Crippen LogP contribution < -0.4 is 20.4 Å². The van der Waals surface area contributed by atoms with E-state index in [1.54, 1.807) is 18.3 Å². The van der Waals surface area contributed by atoms with Gasteiger partial charge in [0, 0.05) is 37.0 Å². The Hall–Kier alpha value is -2.64. The van der Waals surface area contributed by atoms with Crippen molar-refractivity contribution in [3.63, 3.8) is 0 Å². The summed E-state index contributed by atoms with van der Waals surface area (Å²) in [4.78, 5) is 4.15. The van der Waals surface area contributed by atoms with Gasteiger partial charge in [-0.25, -0.2) is 4.39 Å². The van der Waals surface area contributed by atoms with Crippen LogP contribution >= 0.6 is 31.9 Å². The maximum absolute atomic E-state index is 14.0. The Kier molecular flexibility index (Phi) is 8.71. The highest BCUT2D eigenvalue weighted by molar-refractivity contribution is 9.09. The van der Waals surface area contributed by atoms with Gasteiger partial charge < -0.3 is 15.4 Å². The number of amidine groups is 1. The van der Waals surface area contributed by atoms with Crippen molar-refractivity contribution in [3.8, 4) is 18.2 Å². The van der Waals surface area contributed by atoms with Crippen LogP contribution in [-0.2, 0) is 0 Å². The van der Waals surface area contributed by atoms with E-state index < -0.39 is 5.82 Å². The lowest BCUT2D eigenvalue weighted by atomic mass is 10.3. The monoisotopic (exact) mass is 510 g/mol. The highest BCUT2D eigenvalue weighted by atomic mass is 79.9. The van der Waals surface area contributed by atoms with Gasteiger partial charge in [-0.15, -0.1) is 5.11 Å². The topological polar surface area (TPSA) is 73.6 Å². The molecule has 1 aromatic rings. The summed E-state index contributed by atoms with van der Waals surface area (Å²) in [5.74, 6) is 0.715. The lowest BCUT2D eigenvalue weighted by Gasteiger charge is -2.14. The van der Waals surface area contributed by atoms with E-state index in [-0.39, 0.29) is 17.1 Å². The Balaban J connectivity index is 2.20. The predicted octanol–water partition coefficient (Wildman–Crippen LogP) is 4.18. The second kappa shape index (κ2) is 11.3. The first-order valence-corrected chi connectivity index (χ1v) is 10.2. The molecule has 0 saturated carbocycles. The minimum atomic E-state index is -0.530. The van der Waals surface area contributed by atoms with Crippen molar-refractivity contribution >= 4 is 43.4 Å². The van der Waals surface area contributed by atoms with E-state index in [1.807, 2.05) is 6.08 Å². The molecule has 0 amide bonds. The van der Waals surface area contributed by atoms with Crippen LogP contribution in [0, 0.1) is 18.3 Å². The van der Waals surface area contributed by atoms with Crippen molar-refractivity contribution < 1.29 is 9.13 Å². The largest absolute Gasteiger partial charge is 0.456 e. The second-order valence-electron chi connectivity index (χ2n) is 5.12. The molecule has 0 fully saturated rings. The number of dihydropyridines is 1. The van der Waals surface area contributed by atoms with Gasteiger partial charge in [0.05, 0.1) is 16.6 Å². The Labute approximate surface area is 179 Å². The molecule has 0 radical (unpaired) electrons. The molecule has 2 N–H and O–H groups in total. The second-order valence-corrected chi connectivity index (χ2v) is 6.18. The van der Waals surface area contributed by atoms with Crippen LogP contribution in [-0.4, -0.2) is 23.3 Å². The molecule has 146 valence electrons. The molecule has 1 aliphatic rings. The average molecular weight is 512 g/mol. The maximum atomic E-state index is 14.0. The molecule has 10 heteroatoms. The number of terminal acetylenes is 1. The Bertz CT molecular complexity index is 875. The van der Waals surface area contributed by atoms with Crippen molar-refractivity contribution in [2.24, 2.45) is 15.3 Å². The van der Waals surface area contributed by atoms with Crippen molar-refractivity contribution in [2.45, 2.75) is 0 Å². The lowest BCUT2D eigenvalue weighted by Crippen LogP contribution is -2.23. The first-order chi connectivity index (χ1) is 13.6. The standard InChI is InChI=1S/C18H17Br2FN6O/c1-3-27(26-25-13(2)18(23-11-19)24-12-20)15-7-14(21)8-17(9-15)28-16-5-4-6-22-10-16/h1,4-5,7-10,22H,2,6,11-12H2,(H,23,24). The third-order valence-electron chi connectivity index (χ3n) is 3.20. The van der Waals surface area contributed by atoms with Crippen LogP contribution in [0.15, 0.2) is 69.9 Å². The van der Waals surface area contributed by atoms with E-state index >= 15 is 0 Å². The van der Waals surface area contributed by atoms with Crippen molar-refractivity contribution in [2.75, 3.05) is 22.5 Å². The Morgan fingerprint density at radius 2 is 2.25 bits per heavy atom. The van der Waals surface area contributed by atoms with Gasteiger partial charge in [-0.2, -0.15) is 5.01 Å². The number of hydrogen-bond donors (Lipinski definition) is 2. The molecule has 0 saturated heterocycles. The molecular weight excluding hydrogens is 495 g/mol. The van der Waals surface area contributed by atoms with Gasteiger partial charge in [0.1, 0.15) is 28.9 Å². The van der Waals surface area contributed by atoms with Crippen LogP contribution in [0.2, 0.25) is 0 Å². The van der Waals surface area contributed by atoms with Crippen LogP contribution in [0.5, 0.6) is 5.75 Å². The summed E-state index contributed by atoms with van der Waals surface area (Å²) in [5.41, 5.74) is 1.35. The molecule has 0 aromatic heterocycles. The molecule has 1 aliphatic heterocycles. The fourth-order valence-electron chi connectivity index (χ4n) is 2.05. The fourth-order valence-corrected chi connectivity index (χ4v) is 2.57. The van der Waals surface area contributed by atoms with Crippen LogP contribution in [0.25, 0.3) is 0 Å². The zero-order valence-electron chi connectivity index (χ0n) is 14.7. The minimum absolute atomic E-state index is 0.260. The summed E-state index contributed by atoms with van der Waals surface area (Å²) in [6.45, 7) is 4.50. The number of benzene rings is 1. The third kappa shape index (κ3) is 6.51. The Morgan fingerprint density at radius 1 is 1.43 bits per heavy atom. The number of nitrogens with zero attached hydrogens (tertiary/aromatic N) is 4. The summed E-state index contributed by atoms with van der Waals surface area (Å²) in [6, 6.07) is 6.35. The Morgan fingerprint density at radius 3 is 2.89 bits per heavy atom. The SMILES string of the molecule is C#CN(N=NC(=C)C(=NCBr)NCBr)c1cc(F)cc(OC2=CNCC=C2)c1. The predicted molar refractivity (Wildman–Crippen MR) is 116 cm³/mol. The van der Waals surface area contributed by atoms with E-state index in [9.17, 15) is 4.39 Å². The molecule has 0 spiro atoms. The molecule has 0 unspecified atom stereocenters. The molecule has 0 aliphatic carbocycles. The van der Waals surface area contributed by atoms with Gasteiger partial charge in [-0.3, -0.25) is 4.99 Å². The number of allylic oxidation sites excluding steroid dienone is 1. The van der Waals surface area contributed by atoms with Gasteiger partial charge in [-0.1, -0.05) is 56.2 Å². The number of aliphatic imine (C=N–C) groups is 1. The van der Waals surface area contributed by atoms with E-state index in [0.29, 0.717) is 29.0 Å². The van der Waals surface area contributed by atoms with Crippen LogP contribution in [0.4, 0.5) is 10.1 Å². The molecule has 28 heavy (non-hydrogen) atoms. The fraction of sp³-hybridized carbons (Fsp3) is 0.167. The minimum Gasteiger partial charge on any atom is -0.456 e. The van der Waals surface area contributed by atoms with E-state index in [1.165, 1.54) is 12.1 Å². The number of rotatable bonds is 8. The maximum Gasteiger partial charge on any atom is 0.150 e. The molecule has 0 bridgehead atoms. The van der Waals surface area contributed by atoms with E-state index in [4.69, 9.17) is 11.2 Å². The number of nitrogens with one attached hydrogen (secondary N) is 2. The first kappa shape index (κ1) is 21.7. The first-order valence-electron chi connectivity index (χ1n) is 7.93. The van der Waals surface area contributed by atoms with Gasteiger partial charge >= 0.3 is 0 Å². The molecular formula is C18H17Br2FN6O. The summed E-state index contributed by atoms with van der Waals surface area (Å²) >= 11 is 6.45. The highest BCUT2D eigenvalue weighted by Gasteiger charge is 2.10. The van der Waals surface area contributed by atoms with Crippen molar-refractivity contribution in [3.05, 3.63) is 60.4 Å². The number of alkyl halides is 2. The summed E-state index contributed by atoms with van der Waals surface area (Å²) < 4.78 is 19.7. The smallest absolute Gasteiger partial charge is 0.150 e. The normalized spacial score (nSPS) is 13.5. The zero-order valence-corrected chi connectivity index (χ0v) is 17.9. The number of halogens is 3. The number of ether oxygens (including phenoxy) is 1. The van der Waals surface area contributed by atoms with Crippen LogP contribution in [0.3, 0.4) is 0 Å². The van der Waals surface area contributed by atoms with Gasteiger partial charge in [0.2, 0.25) is 0 Å². The quantitative estimate of drug-likeness (QED) is 0.0802. The van der Waals surface area contributed by atoms with Gasteiger partial charge in [0.15, 0.2) is 0 Å². The molecule has 7 nitrogen and oxygen atoms in total. The third-order valence-corrected chi connectivity index (χ3v) is 3.73. The van der Waals surface area contributed by atoms with Crippen LogP contribution in [0.1, 0.15) is 0 Å².